The highest BCUT2D eigenvalue weighted by atomic mass is 16.5. The number of aryl methyl sites for hydroxylation is 2. The van der Waals surface area contributed by atoms with E-state index < -0.39 is 5.92 Å². The summed E-state index contributed by atoms with van der Waals surface area (Å²) in [5, 5.41) is 2.11. The standard InChI is InChI=1S/C23H21NO3/c1-15-7-8-16(2)21(11-15)24-14-19(13-22(24)25)23(26)27-20-10-9-17-5-3-4-6-18(17)12-20/h3-12,19H,13-14H2,1-2H3/t19-/m1/s1. The third kappa shape index (κ3) is 3.43. The Hall–Kier alpha value is -3.14. The normalized spacial score (nSPS) is 16.7. The highest BCUT2D eigenvalue weighted by Crippen LogP contribution is 2.30. The number of rotatable bonds is 3. The largest absolute Gasteiger partial charge is 0.426 e. The number of ether oxygens (including phenoxy) is 1. The Morgan fingerprint density at radius 3 is 2.59 bits per heavy atom. The van der Waals surface area contributed by atoms with E-state index in [-0.39, 0.29) is 18.3 Å². The van der Waals surface area contributed by atoms with Crippen LogP contribution in [-0.4, -0.2) is 18.4 Å². The second-order valence-electron chi connectivity index (χ2n) is 7.13. The predicted molar refractivity (Wildman–Crippen MR) is 106 cm³/mol. The van der Waals surface area contributed by atoms with Crippen LogP contribution in [0.5, 0.6) is 5.75 Å². The van der Waals surface area contributed by atoms with Gasteiger partial charge in [0, 0.05) is 18.7 Å². The predicted octanol–water partition coefficient (Wildman–Crippen LogP) is 4.42. The molecule has 1 fully saturated rings. The van der Waals surface area contributed by atoms with Crippen molar-refractivity contribution < 1.29 is 14.3 Å². The van der Waals surface area contributed by atoms with E-state index in [2.05, 4.69) is 0 Å². The molecule has 1 aliphatic rings. The van der Waals surface area contributed by atoms with Crippen LogP contribution < -0.4 is 9.64 Å². The van der Waals surface area contributed by atoms with Crippen LogP contribution in [0.1, 0.15) is 17.5 Å². The maximum atomic E-state index is 12.6. The van der Waals surface area contributed by atoms with Gasteiger partial charge in [0.2, 0.25) is 5.91 Å². The van der Waals surface area contributed by atoms with Crippen LogP contribution in [0.15, 0.2) is 60.7 Å². The fourth-order valence-corrected chi connectivity index (χ4v) is 3.54. The summed E-state index contributed by atoms with van der Waals surface area (Å²) in [6, 6.07) is 19.5. The zero-order chi connectivity index (χ0) is 19.0. The molecule has 0 unspecified atom stereocenters. The van der Waals surface area contributed by atoms with Crippen LogP contribution >= 0.6 is 0 Å². The number of benzene rings is 3. The maximum absolute atomic E-state index is 12.6. The zero-order valence-electron chi connectivity index (χ0n) is 15.4. The smallest absolute Gasteiger partial charge is 0.316 e. The Bertz CT molecular complexity index is 1040. The lowest BCUT2D eigenvalue weighted by Gasteiger charge is -2.19. The number of hydrogen-bond donors (Lipinski definition) is 0. The molecule has 136 valence electrons. The highest BCUT2D eigenvalue weighted by molar-refractivity contribution is 6.00. The first kappa shape index (κ1) is 17.3. The Kier molecular flexibility index (Phi) is 4.40. The van der Waals surface area contributed by atoms with Gasteiger partial charge >= 0.3 is 5.97 Å². The molecule has 1 saturated heterocycles. The summed E-state index contributed by atoms with van der Waals surface area (Å²) in [5.41, 5.74) is 2.99. The fraction of sp³-hybridized carbons (Fsp3) is 0.217. The molecule has 1 atom stereocenters. The van der Waals surface area contributed by atoms with E-state index in [1.165, 1.54) is 0 Å². The van der Waals surface area contributed by atoms with Crippen molar-refractivity contribution in [3.05, 3.63) is 71.8 Å². The molecule has 0 aromatic heterocycles. The Morgan fingerprint density at radius 1 is 1.00 bits per heavy atom. The molecule has 1 aliphatic heterocycles. The van der Waals surface area contributed by atoms with Crippen LogP contribution in [0.3, 0.4) is 0 Å². The van der Waals surface area contributed by atoms with Gasteiger partial charge in [-0.05, 0) is 53.9 Å². The van der Waals surface area contributed by atoms with Crippen LogP contribution in [0, 0.1) is 19.8 Å². The molecule has 0 bridgehead atoms. The molecule has 1 heterocycles. The first-order valence-corrected chi connectivity index (χ1v) is 9.09. The van der Waals surface area contributed by atoms with Crippen LogP contribution in [0.4, 0.5) is 5.69 Å². The van der Waals surface area contributed by atoms with Crippen LogP contribution in [0.2, 0.25) is 0 Å². The SMILES string of the molecule is Cc1ccc(C)c(N2C[C@H](C(=O)Oc3ccc4ccccc4c3)CC2=O)c1. The van der Waals surface area contributed by atoms with Gasteiger partial charge in [-0.15, -0.1) is 0 Å². The molecule has 4 heteroatoms. The number of amides is 1. The monoisotopic (exact) mass is 359 g/mol. The van der Waals surface area contributed by atoms with Crippen molar-refractivity contribution in [2.45, 2.75) is 20.3 Å². The molecule has 4 rings (SSSR count). The number of hydrogen-bond acceptors (Lipinski definition) is 3. The first-order valence-electron chi connectivity index (χ1n) is 9.09. The molecule has 0 saturated carbocycles. The van der Waals surface area contributed by atoms with Crippen molar-refractivity contribution in [1.82, 2.24) is 0 Å². The molecule has 4 nitrogen and oxygen atoms in total. The van der Waals surface area contributed by atoms with Gasteiger partial charge in [-0.3, -0.25) is 9.59 Å². The summed E-state index contributed by atoms with van der Waals surface area (Å²) >= 11 is 0. The van der Waals surface area contributed by atoms with Crippen molar-refractivity contribution in [3.8, 4) is 5.75 Å². The third-order valence-electron chi connectivity index (χ3n) is 5.05. The third-order valence-corrected chi connectivity index (χ3v) is 5.05. The Labute approximate surface area is 158 Å². The van der Waals surface area contributed by atoms with E-state index in [1.54, 1.807) is 11.0 Å². The van der Waals surface area contributed by atoms with E-state index in [1.807, 2.05) is 68.4 Å². The van der Waals surface area contributed by atoms with Crippen LogP contribution in [0.25, 0.3) is 10.8 Å². The minimum atomic E-state index is -0.455. The van der Waals surface area contributed by atoms with E-state index in [0.717, 1.165) is 27.6 Å². The number of fused-ring (bicyclic) bond motifs is 1. The molecule has 1 amide bonds. The lowest BCUT2D eigenvalue weighted by Crippen LogP contribution is -2.27. The Balaban J connectivity index is 1.51. The fourth-order valence-electron chi connectivity index (χ4n) is 3.54. The zero-order valence-corrected chi connectivity index (χ0v) is 15.4. The summed E-state index contributed by atoms with van der Waals surface area (Å²) in [7, 11) is 0. The van der Waals surface area contributed by atoms with E-state index in [9.17, 15) is 9.59 Å². The summed E-state index contributed by atoms with van der Waals surface area (Å²) in [5.74, 6) is -0.337. The van der Waals surface area contributed by atoms with Crippen molar-refractivity contribution in [2.75, 3.05) is 11.4 Å². The van der Waals surface area contributed by atoms with Crippen molar-refractivity contribution in [3.63, 3.8) is 0 Å². The van der Waals surface area contributed by atoms with Gasteiger partial charge in [-0.1, -0.05) is 42.5 Å². The first-order chi connectivity index (χ1) is 13.0. The van der Waals surface area contributed by atoms with Gasteiger partial charge < -0.3 is 9.64 Å². The summed E-state index contributed by atoms with van der Waals surface area (Å²) in [6.07, 6.45) is 0.180. The molecule has 3 aromatic rings. The summed E-state index contributed by atoms with van der Waals surface area (Å²) in [6.45, 7) is 4.33. The van der Waals surface area contributed by atoms with E-state index >= 15 is 0 Å². The number of esters is 1. The van der Waals surface area contributed by atoms with Gasteiger partial charge in [0.05, 0.1) is 5.92 Å². The number of carbonyl (C=O) groups excluding carboxylic acids is 2. The molecule has 0 spiro atoms. The van der Waals surface area contributed by atoms with Crippen molar-refractivity contribution in [1.29, 1.82) is 0 Å². The van der Waals surface area contributed by atoms with E-state index in [4.69, 9.17) is 4.74 Å². The average Bonchev–Trinajstić information content (AvgIpc) is 3.05. The average molecular weight is 359 g/mol. The van der Waals surface area contributed by atoms with Crippen LogP contribution in [-0.2, 0) is 9.59 Å². The highest BCUT2D eigenvalue weighted by Gasteiger charge is 2.37. The summed E-state index contributed by atoms with van der Waals surface area (Å²) in [4.78, 5) is 26.8. The molecule has 0 N–H and O–H groups in total. The van der Waals surface area contributed by atoms with E-state index in [0.29, 0.717) is 12.3 Å². The van der Waals surface area contributed by atoms with Crippen molar-refractivity contribution in [2.24, 2.45) is 5.92 Å². The minimum absolute atomic E-state index is 0.0378. The van der Waals surface area contributed by atoms with Gasteiger partial charge in [0.1, 0.15) is 5.75 Å². The maximum Gasteiger partial charge on any atom is 0.316 e. The lowest BCUT2D eigenvalue weighted by molar-refractivity contribution is -0.139. The number of anilines is 1. The summed E-state index contributed by atoms with van der Waals surface area (Å²) < 4.78 is 5.58. The van der Waals surface area contributed by atoms with Crippen molar-refractivity contribution >= 4 is 28.3 Å². The molecule has 0 radical (unpaired) electrons. The van der Waals surface area contributed by atoms with Gasteiger partial charge in [0.25, 0.3) is 0 Å². The number of carbonyl (C=O) groups is 2. The van der Waals surface area contributed by atoms with Gasteiger partial charge in [-0.2, -0.15) is 0 Å². The topological polar surface area (TPSA) is 46.6 Å². The minimum Gasteiger partial charge on any atom is -0.426 e. The molecular weight excluding hydrogens is 338 g/mol. The second kappa shape index (κ2) is 6.88. The number of nitrogens with zero attached hydrogens (tertiary/aromatic N) is 1. The second-order valence-corrected chi connectivity index (χ2v) is 7.13. The Morgan fingerprint density at radius 2 is 1.78 bits per heavy atom. The van der Waals surface area contributed by atoms with Gasteiger partial charge in [0.15, 0.2) is 0 Å². The molecule has 3 aromatic carbocycles. The molecular formula is C23H21NO3. The quantitative estimate of drug-likeness (QED) is 0.514. The van der Waals surface area contributed by atoms with Gasteiger partial charge in [-0.25, -0.2) is 0 Å². The molecule has 27 heavy (non-hydrogen) atoms. The lowest BCUT2D eigenvalue weighted by atomic mass is 10.1. The molecule has 0 aliphatic carbocycles.